The third kappa shape index (κ3) is 4.18. The zero-order chi connectivity index (χ0) is 21.8. The Morgan fingerprint density at radius 3 is 2.60 bits per heavy atom. The average molecular weight is 439 g/mol. The highest BCUT2D eigenvalue weighted by molar-refractivity contribution is 8.26. The van der Waals surface area contributed by atoms with Crippen molar-refractivity contribution < 1.29 is 4.79 Å². The number of carbonyl (C=O) groups is 1. The van der Waals surface area contributed by atoms with E-state index in [2.05, 4.69) is 5.32 Å². The molecule has 0 atom stereocenters. The summed E-state index contributed by atoms with van der Waals surface area (Å²) in [6.45, 7) is 4.78. The van der Waals surface area contributed by atoms with Crippen molar-refractivity contribution >= 4 is 46.1 Å². The molecule has 2 heterocycles. The highest BCUT2D eigenvalue weighted by atomic mass is 32.2. The van der Waals surface area contributed by atoms with Crippen LogP contribution in [-0.2, 0) is 18.4 Å². The predicted molar refractivity (Wildman–Crippen MR) is 125 cm³/mol. The van der Waals surface area contributed by atoms with E-state index in [-0.39, 0.29) is 17.0 Å². The second kappa shape index (κ2) is 9.28. The first kappa shape index (κ1) is 21.8. The number of thioether (sulfide) groups is 1. The molecule has 3 rings (SSSR count). The summed E-state index contributed by atoms with van der Waals surface area (Å²) in [5.74, 6) is 0.411. The molecule has 0 bridgehead atoms. The number of rotatable bonds is 6. The molecule has 1 aliphatic heterocycles. The second-order valence-electron chi connectivity index (χ2n) is 6.91. The first-order valence-corrected chi connectivity index (χ1v) is 10.8. The van der Waals surface area contributed by atoms with Crippen molar-refractivity contribution in [3.8, 4) is 6.07 Å². The Bertz CT molecular complexity index is 1130. The summed E-state index contributed by atoms with van der Waals surface area (Å²) >= 11 is 6.60. The number of thiocarbonyl (C=S) groups is 1. The lowest BCUT2D eigenvalue weighted by atomic mass is 10.0. The van der Waals surface area contributed by atoms with E-state index in [0.717, 1.165) is 12.0 Å². The number of benzene rings is 1. The number of anilines is 1. The van der Waals surface area contributed by atoms with E-state index >= 15 is 0 Å². The van der Waals surface area contributed by atoms with Gasteiger partial charge in [-0.1, -0.05) is 61.2 Å². The van der Waals surface area contributed by atoms with Crippen molar-refractivity contribution in [3.63, 3.8) is 0 Å². The van der Waals surface area contributed by atoms with Crippen LogP contribution in [0.15, 0.2) is 40.0 Å². The summed E-state index contributed by atoms with van der Waals surface area (Å²) in [7, 11) is 1.62. The van der Waals surface area contributed by atoms with Crippen molar-refractivity contribution in [2.45, 2.75) is 26.8 Å². The van der Waals surface area contributed by atoms with Crippen LogP contribution in [0.3, 0.4) is 0 Å². The minimum absolute atomic E-state index is 0.0676. The fourth-order valence-electron chi connectivity index (χ4n) is 3.27. The Morgan fingerprint density at radius 1 is 1.27 bits per heavy atom. The minimum Gasteiger partial charge on any atom is -0.367 e. The number of nitriles is 1. The number of hydrogen-bond donors (Lipinski definition) is 1. The van der Waals surface area contributed by atoms with Crippen molar-refractivity contribution in [2.24, 2.45) is 7.05 Å². The summed E-state index contributed by atoms with van der Waals surface area (Å²) in [4.78, 5) is 27.6. The van der Waals surface area contributed by atoms with Crippen LogP contribution >= 0.6 is 24.0 Å². The van der Waals surface area contributed by atoms with Crippen molar-refractivity contribution in [1.82, 2.24) is 9.47 Å². The van der Waals surface area contributed by atoms with Gasteiger partial charge in [-0.15, -0.1) is 0 Å². The molecule has 1 fully saturated rings. The molecule has 1 N–H and O–H groups in total. The standard InChI is InChI=1S/C22H22N4O2S2/c1-4-10-26-21(28)18(30-22(26)29)11-16-14(2)17(12-23)20(27)25(3)19(16)24-13-15-8-6-5-7-9-15/h5-9,11,24H,4,10,13H2,1-3H3/b18-11+. The molecule has 0 radical (unpaired) electrons. The molecule has 1 aliphatic rings. The van der Waals surface area contributed by atoms with Gasteiger partial charge in [0, 0.05) is 25.7 Å². The van der Waals surface area contributed by atoms with Gasteiger partial charge in [-0.05, 0) is 30.5 Å². The van der Waals surface area contributed by atoms with Gasteiger partial charge in [0.15, 0.2) is 0 Å². The molecule has 1 amide bonds. The number of carbonyl (C=O) groups excluding carboxylic acids is 1. The maximum Gasteiger partial charge on any atom is 0.270 e. The van der Waals surface area contributed by atoms with E-state index in [1.165, 1.54) is 16.3 Å². The van der Waals surface area contributed by atoms with Crippen molar-refractivity contribution in [1.29, 1.82) is 5.26 Å². The lowest BCUT2D eigenvalue weighted by Gasteiger charge is -2.18. The summed E-state index contributed by atoms with van der Waals surface area (Å²) in [6, 6.07) is 11.8. The normalized spacial score (nSPS) is 15.0. The highest BCUT2D eigenvalue weighted by Gasteiger charge is 2.32. The van der Waals surface area contributed by atoms with Crippen LogP contribution in [0.2, 0.25) is 0 Å². The molecule has 8 heteroatoms. The van der Waals surface area contributed by atoms with Crippen LogP contribution in [0.5, 0.6) is 0 Å². The summed E-state index contributed by atoms with van der Waals surface area (Å²) < 4.78 is 1.95. The monoisotopic (exact) mass is 438 g/mol. The van der Waals surface area contributed by atoms with E-state index in [1.807, 2.05) is 43.3 Å². The van der Waals surface area contributed by atoms with Gasteiger partial charge in [0.1, 0.15) is 21.8 Å². The Morgan fingerprint density at radius 2 is 1.97 bits per heavy atom. The Kier molecular flexibility index (Phi) is 6.75. The highest BCUT2D eigenvalue weighted by Crippen LogP contribution is 2.34. The molecule has 2 aromatic rings. The van der Waals surface area contributed by atoms with Gasteiger partial charge in [0.05, 0.1) is 4.91 Å². The Balaban J connectivity index is 2.09. The summed E-state index contributed by atoms with van der Waals surface area (Å²) in [6.07, 6.45) is 2.54. The first-order chi connectivity index (χ1) is 14.4. The molecule has 0 spiro atoms. The quantitative estimate of drug-likeness (QED) is 0.546. The largest absolute Gasteiger partial charge is 0.367 e. The molecule has 0 aliphatic carbocycles. The van der Waals surface area contributed by atoms with Gasteiger partial charge in [-0.2, -0.15) is 5.26 Å². The fraction of sp³-hybridized carbons (Fsp3) is 0.273. The molecule has 0 saturated carbocycles. The number of aromatic nitrogens is 1. The first-order valence-electron chi connectivity index (χ1n) is 9.55. The molecule has 1 saturated heterocycles. The topological polar surface area (TPSA) is 78.1 Å². The van der Waals surface area contributed by atoms with Crippen molar-refractivity contribution in [2.75, 3.05) is 11.9 Å². The summed E-state index contributed by atoms with van der Waals surface area (Å²) in [5.41, 5.74) is 1.92. The zero-order valence-electron chi connectivity index (χ0n) is 17.1. The fourth-order valence-corrected chi connectivity index (χ4v) is 4.56. The lowest BCUT2D eigenvalue weighted by Crippen LogP contribution is -2.28. The zero-order valence-corrected chi connectivity index (χ0v) is 18.7. The van der Waals surface area contributed by atoms with Crippen LogP contribution in [0.1, 0.15) is 35.6 Å². The van der Waals surface area contributed by atoms with Crippen LogP contribution < -0.4 is 10.9 Å². The lowest BCUT2D eigenvalue weighted by molar-refractivity contribution is -0.122. The molecule has 0 unspecified atom stereocenters. The summed E-state index contributed by atoms with van der Waals surface area (Å²) in [5, 5.41) is 12.8. The van der Waals surface area contributed by atoms with Crippen molar-refractivity contribution in [3.05, 3.63) is 67.8 Å². The maximum absolute atomic E-state index is 12.8. The van der Waals surface area contributed by atoms with Gasteiger partial charge in [-0.25, -0.2) is 0 Å². The smallest absolute Gasteiger partial charge is 0.270 e. The van der Waals surface area contributed by atoms with Crippen LogP contribution in [0, 0.1) is 18.3 Å². The van der Waals surface area contributed by atoms with Crippen LogP contribution in [0.25, 0.3) is 6.08 Å². The Labute approximate surface area is 185 Å². The van der Waals surface area contributed by atoms with E-state index < -0.39 is 0 Å². The number of nitrogens with zero attached hydrogens (tertiary/aromatic N) is 3. The van der Waals surface area contributed by atoms with Gasteiger partial charge >= 0.3 is 0 Å². The third-order valence-corrected chi connectivity index (χ3v) is 6.28. The minimum atomic E-state index is -0.374. The number of hydrogen-bond acceptors (Lipinski definition) is 6. The van der Waals surface area contributed by atoms with E-state index in [4.69, 9.17) is 12.2 Å². The average Bonchev–Trinajstić information content (AvgIpc) is 3.00. The Hall–Kier alpha value is -2.89. The number of nitrogens with one attached hydrogen (secondary N) is 1. The molecular formula is C22H22N4O2S2. The molecular weight excluding hydrogens is 416 g/mol. The molecule has 154 valence electrons. The molecule has 30 heavy (non-hydrogen) atoms. The molecule has 6 nitrogen and oxygen atoms in total. The predicted octanol–water partition coefficient (Wildman–Crippen LogP) is 3.79. The van der Waals surface area contributed by atoms with Gasteiger partial charge in [0.25, 0.3) is 11.5 Å². The molecule has 1 aromatic heterocycles. The maximum atomic E-state index is 12.8. The number of amides is 1. The van der Waals surface area contributed by atoms with Gasteiger partial charge in [0.2, 0.25) is 0 Å². The van der Waals surface area contributed by atoms with E-state index in [1.54, 1.807) is 24.9 Å². The molecule has 1 aromatic carbocycles. The van der Waals surface area contributed by atoms with Crippen LogP contribution in [0.4, 0.5) is 5.82 Å². The third-order valence-electron chi connectivity index (χ3n) is 4.90. The second-order valence-corrected chi connectivity index (χ2v) is 8.59. The van der Waals surface area contributed by atoms with E-state index in [0.29, 0.717) is 39.3 Å². The van der Waals surface area contributed by atoms with Gasteiger partial charge < -0.3 is 5.32 Å². The SMILES string of the molecule is CCCN1C(=O)/C(=C\c2c(C)c(C#N)c(=O)n(C)c2NCc2ccccc2)SC1=S. The van der Waals surface area contributed by atoms with E-state index in [9.17, 15) is 14.9 Å². The number of pyridine rings is 1. The van der Waals surface area contributed by atoms with Crippen LogP contribution in [-0.4, -0.2) is 26.2 Å². The van der Waals surface area contributed by atoms with Gasteiger partial charge in [-0.3, -0.25) is 19.1 Å².